The number of primary amides is 1. The first-order valence-electron chi connectivity index (χ1n) is 3.95. The number of nitrogens with two attached hydrogens (primary N) is 1. The van der Waals surface area contributed by atoms with Crippen LogP contribution in [0.25, 0.3) is 0 Å². The van der Waals surface area contributed by atoms with Crippen molar-refractivity contribution in [2.75, 3.05) is 13.1 Å². The van der Waals surface area contributed by atoms with Gasteiger partial charge in [0.1, 0.15) is 0 Å². The van der Waals surface area contributed by atoms with Crippen molar-refractivity contribution in [1.29, 1.82) is 0 Å². The monoisotopic (exact) mass is 157 g/mol. The van der Waals surface area contributed by atoms with Crippen molar-refractivity contribution in [3.05, 3.63) is 0 Å². The topological polar surface area (TPSA) is 67.2 Å². The highest BCUT2D eigenvalue weighted by atomic mass is 16.2. The molecule has 1 fully saturated rings. The number of carbonyl (C=O) groups excluding carboxylic acids is 1. The second kappa shape index (κ2) is 3.57. The summed E-state index contributed by atoms with van der Waals surface area (Å²) in [5.74, 6) is 0.719. The maximum atomic E-state index is 10.4. The first-order chi connectivity index (χ1) is 5.18. The molecule has 0 aliphatic carbocycles. The smallest absolute Gasteiger partial charge is 0.312 e. The Morgan fingerprint density at radius 3 is 2.82 bits per heavy atom. The number of nitrogens with one attached hydrogen (secondary N) is 2. The molecule has 4 N–H and O–H groups in total. The van der Waals surface area contributed by atoms with Crippen LogP contribution in [0, 0.1) is 5.92 Å². The standard InChI is InChI=1S/C7H15N3O/c1-5(10-7(8)11)2-6-3-9-4-6/h5-6,9H,2-4H2,1H3,(H3,8,10,11). The lowest BCUT2D eigenvalue weighted by molar-refractivity contribution is 0.239. The van der Waals surface area contributed by atoms with Gasteiger partial charge in [-0.15, -0.1) is 0 Å². The molecule has 0 aromatic heterocycles. The van der Waals surface area contributed by atoms with E-state index >= 15 is 0 Å². The Bertz CT molecular complexity index is 145. The summed E-state index contributed by atoms with van der Waals surface area (Å²) >= 11 is 0. The van der Waals surface area contributed by atoms with Gasteiger partial charge in [-0.1, -0.05) is 0 Å². The quantitative estimate of drug-likeness (QED) is 0.524. The van der Waals surface area contributed by atoms with Crippen molar-refractivity contribution in [2.45, 2.75) is 19.4 Å². The van der Waals surface area contributed by atoms with Crippen molar-refractivity contribution >= 4 is 6.03 Å². The summed E-state index contributed by atoms with van der Waals surface area (Å²) in [7, 11) is 0. The van der Waals surface area contributed by atoms with Crippen LogP contribution >= 0.6 is 0 Å². The molecule has 0 saturated carbocycles. The van der Waals surface area contributed by atoms with Gasteiger partial charge in [0.15, 0.2) is 0 Å². The van der Waals surface area contributed by atoms with Crippen LogP contribution in [-0.2, 0) is 0 Å². The van der Waals surface area contributed by atoms with Crippen LogP contribution in [0.15, 0.2) is 0 Å². The Morgan fingerprint density at radius 1 is 1.82 bits per heavy atom. The molecule has 0 radical (unpaired) electrons. The van der Waals surface area contributed by atoms with Crippen molar-refractivity contribution in [1.82, 2.24) is 10.6 Å². The zero-order valence-corrected chi connectivity index (χ0v) is 6.76. The lowest BCUT2D eigenvalue weighted by Crippen LogP contribution is -2.46. The molecule has 0 spiro atoms. The zero-order valence-electron chi connectivity index (χ0n) is 6.76. The third kappa shape index (κ3) is 2.76. The Labute approximate surface area is 66.5 Å². The van der Waals surface area contributed by atoms with Crippen LogP contribution in [0.3, 0.4) is 0 Å². The summed E-state index contributed by atoms with van der Waals surface area (Å²) < 4.78 is 0. The largest absolute Gasteiger partial charge is 0.352 e. The predicted molar refractivity (Wildman–Crippen MR) is 43.2 cm³/mol. The minimum atomic E-state index is -0.426. The predicted octanol–water partition coefficient (Wildman–Crippen LogP) is -0.347. The van der Waals surface area contributed by atoms with Gasteiger partial charge in [0.25, 0.3) is 0 Å². The molecule has 1 atom stereocenters. The minimum absolute atomic E-state index is 0.208. The average molecular weight is 157 g/mol. The molecule has 1 rings (SSSR count). The van der Waals surface area contributed by atoms with Crippen LogP contribution in [0.5, 0.6) is 0 Å². The number of urea groups is 1. The van der Waals surface area contributed by atoms with Gasteiger partial charge >= 0.3 is 6.03 Å². The molecule has 4 nitrogen and oxygen atoms in total. The number of carbonyl (C=O) groups is 1. The highest BCUT2D eigenvalue weighted by molar-refractivity contribution is 5.71. The van der Waals surface area contributed by atoms with Gasteiger partial charge < -0.3 is 16.4 Å². The molecule has 64 valence electrons. The summed E-state index contributed by atoms with van der Waals surface area (Å²) in [5, 5.41) is 5.83. The van der Waals surface area contributed by atoms with Gasteiger partial charge in [0.05, 0.1) is 0 Å². The highest BCUT2D eigenvalue weighted by Crippen LogP contribution is 2.10. The van der Waals surface area contributed by atoms with E-state index in [0.717, 1.165) is 25.4 Å². The average Bonchev–Trinajstić information content (AvgIpc) is 1.77. The fourth-order valence-electron chi connectivity index (χ4n) is 1.32. The van der Waals surface area contributed by atoms with Crippen LogP contribution in [0.2, 0.25) is 0 Å². The summed E-state index contributed by atoms with van der Waals surface area (Å²) in [4.78, 5) is 10.4. The van der Waals surface area contributed by atoms with Gasteiger partial charge in [-0.05, 0) is 32.4 Å². The SMILES string of the molecule is CC(CC1CNC1)NC(N)=O. The lowest BCUT2D eigenvalue weighted by atomic mass is 9.95. The maximum absolute atomic E-state index is 10.4. The first-order valence-corrected chi connectivity index (χ1v) is 3.95. The summed E-state index contributed by atoms with van der Waals surface area (Å²) in [5.41, 5.74) is 4.96. The Hall–Kier alpha value is -0.770. The van der Waals surface area contributed by atoms with Crippen molar-refractivity contribution in [2.24, 2.45) is 11.7 Å². The molecular weight excluding hydrogens is 142 g/mol. The molecule has 1 heterocycles. The van der Waals surface area contributed by atoms with Crippen molar-refractivity contribution in [3.8, 4) is 0 Å². The van der Waals surface area contributed by atoms with Gasteiger partial charge in [-0.3, -0.25) is 0 Å². The number of amides is 2. The van der Waals surface area contributed by atoms with Gasteiger partial charge in [-0.2, -0.15) is 0 Å². The van der Waals surface area contributed by atoms with Gasteiger partial charge in [-0.25, -0.2) is 4.79 Å². The van der Waals surface area contributed by atoms with E-state index in [9.17, 15) is 4.79 Å². The molecule has 0 bridgehead atoms. The first kappa shape index (κ1) is 8.33. The zero-order chi connectivity index (χ0) is 8.27. The summed E-state index contributed by atoms with van der Waals surface area (Å²) in [6.45, 7) is 4.12. The van der Waals surface area contributed by atoms with Gasteiger partial charge in [0, 0.05) is 6.04 Å². The third-order valence-corrected chi connectivity index (χ3v) is 1.94. The van der Waals surface area contributed by atoms with Crippen molar-refractivity contribution in [3.63, 3.8) is 0 Å². The van der Waals surface area contributed by atoms with E-state index in [1.165, 1.54) is 0 Å². The normalized spacial score (nSPS) is 20.5. The number of rotatable bonds is 3. The molecule has 11 heavy (non-hydrogen) atoms. The Balaban J connectivity index is 2.09. The van der Waals surface area contributed by atoms with Crippen LogP contribution in [-0.4, -0.2) is 25.2 Å². The molecule has 0 aromatic rings. The fourth-order valence-corrected chi connectivity index (χ4v) is 1.32. The van der Waals surface area contributed by atoms with Crippen molar-refractivity contribution < 1.29 is 4.79 Å². The lowest BCUT2D eigenvalue weighted by Gasteiger charge is -2.29. The van der Waals surface area contributed by atoms with Gasteiger partial charge in [0.2, 0.25) is 0 Å². The molecule has 1 aliphatic heterocycles. The molecule has 1 unspecified atom stereocenters. The molecule has 1 aliphatic rings. The number of hydrogen-bond donors (Lipinski definition) is 3. The molecule has 1 saturated heterocycles. The summed E-state index contributed by atoms with van der Waals surface area (Å²) in [6.07, 6.45) is 1.02. The van der Waals surface area contributed by atoms with E-state index in [4.69, 9.17) is 5.73 Å². The van der Waals surface area contributed by atoms with Crippen LogP contribution in [0.1, 0.15) is 13.3 Å². The minimum Gasteiger partial charge on any atom is -0.352 e. The maximum Gasteiger partial charge on any atom is 0.312 e. The molecule has 2 amide bonds. The van der Waals surface area contributed by atoms with E-state index in [1.807, 2.05) is 6.92 Å². The Morgan fingerprint density at radius 2 is 2.45 bits per heavy atom. The van der Waals surface area contributed by atoms with E-state index in [2.05, 4.69) is 10.6 Å². The molecular formula is C7H15N3O. The second-order valence-corrected chi connectivity index (χ2v) is 3.17. The highest BCUT2D eigenvalue weighted by Gasteiger charge is 2.19. The van der Waals surface area contributed by atoms with Crippen LogP contribution < -0.4 is 16.4 Å². The van der Waals surface area contributed by atoms with E-state index < -0.39 is 6.03 Å². The van der Waals surface area contributed by atoms with E-state index in [0.29, 0.717) is 0 Å². The second-order valence-electron chi connectivity index (χ2n) is 3.17. The molecule has 4 heteroatoms. The summed E-state index contributed by atoms with van der Waals surface area (Å²) in [6, 6.07) is -0.218. The van der Waals surface area contributed by atoms with E-state index in [1.54, 1.807) is 0 Å². The molecule has 0 aromatic carbocycles. The number of hydrogen-bond acceptors (Lipinski definition) is 2. The third-order valence-electron chi connectivity index (χ3n) is 1.94. The fraction of sp³-hybridized carbons (Fsp3) is 0.857. The van der Waals surface area contributed by atoms with Crippen LogP contribution in [0.4, 0.5) is 4.79 Å². The van der Waals surface area contributed by atoms with E-state index in [-0.39, 0.29) is 6.04 Å². The Kier molecular flexibility index (Phi) is 2.70.